The van der Waals surface area contributed by atoms with Crippen LogP contribution in [0.5, 0.6) is 11.5 Å². The van der Waals surface area contributed by atoms with Crippen LogP contribution in [0, 0.1) is 25.2 Å². The monoisotopic (exact) mass is 460 g/mol. The lowest BCUT2D eigenvalue weighted by atomic mass is 10.1. The van der Waals surface area contributed by atoms with Crippen molar-refractivity contribution in [3.05, 3.63) is 93.5 Å². The van der Waals surface area contributed by atoms with Gasteiger partial charge in [0.1, 0.15) is 18.2 Å². The number of nitriles is 1. The predicted octanol–water partition coefficient (Wildman–Crippen LogP) is 6.48. The number of rotatable bonds is 8. The van der Waals surface area contributed by atoms with Crippen molar-refractivity contribution in [2.24, 2.45) is 0 Å². The molecule has 0 radical (unpaired) electrons. The maximum absolute atomic E-state index is 12.6. The fraction of sp³-hybridized carbons (Fsp3) is 0.185. The summed E-state index contributed by atoms with van der Waals surface area (Å²) in [5.41, 5.74) is 4.46. The van der Waals surface area contributed by atoms with E-state index in [9.17, 15) is 10.1 Å². The maximum atomic E-state index is 12.6. The number of carbonyl (C=O) groups excluding carboxylic acids is 1. The van der Waals surface area contributed by atoms with Crippen LogP contribution in [-0.4, -0.2) is 12.5 Å². The second-order valence-electron chi connectivity index (χ2n) is 7.53. The highest BCUT2D eigenvalue weighted by molar-refractivity contribution is 6.34. The van der Waals surface area contributed by atoms with Gasteiger partial charge in [-0.1, -0.05) is 59.1 Å². The minimum Gasteiger partial charge on any atom is -0.490 e. The van der Waals surface area contributed by atoms with Gasteiger partial charge in [0.2, 0.25) is 0 Å². The van der Waals surface area contributed by atoms with Crippen molar-refractivity contribution in [2.75, 3.05) is 11.9 Å². The van der Waals surface area contributed by atoms with E-state index in [0.717, 1.165) is 5.56 Å². The van der Waals surface area contributed by atoms with Crippen LogP contribution in [0.1, 0.15) is 29.2 Å². The number of hydrogen-bond donors (Lipinski definition) is 1. The Balaban J connectivity index is 1.80. The zero-order valence-electron chi connectivity index (χ0n) is 18.8. The molecule has 0 saturated carbocycles. The van der Waals surface area contributed by atoms with Crippen molar-refractivity contribution in [3.8, 4) is 17.6 Å². The minimum atomic E-state index is -0.543. The molecular formula is C27H25ClN2O3. The number of anilines is 1. The molecule has 0 aliphatic rings. The molecule has 3 aromatic rings. The molecule has 3 aromatic carbocycles. The Morgan fingerprint density at radius 3 is 2.42 bits per heavy atom. The molecule has 0 atom stereocenters. The molecule has 0 aliphatic carbocycles. The van der Waals surface area contributed by atoms with Crippen molar-refractivity contribution in [1.29, 1.82) is 5.26 Å². The number of nitrogens with zero attached hydrogens (tertiary/aromatic N) is 1. The SMILES string of the molecule is CCOc1cc(/C=C(\C#N)C(=O)Nc2ccccc2Cl)ccc1OCc1cc(C)cc(C)c1. The number of nitrogens with one attached hydrogen (secondary N) is 1. The number of amides is 1. The number of para-hydroxylation sites is 1. The van der Waals surface area contributed by atoms with Crippen LogP contribution in [0.4, 0.5) is 5.69 Å². The Hall–Kier alpha value is -3.75. The van der Waals surface area contributed by atoms with Crippen molar-refractivity contribution in [3.63, 3.8) is 0 Å². The zero-order valence-corrected chi connectivity index (χ0v) is 19.6. The highest BCUT2D eigenvalue weighted by Crippen LogP contribution is 2.30. The lowest BCUT2D eigenvalue weighted by Crippen LogP contribution is -2.13. The Labute approximate surface area is 199 Å². The summed E-state index contributed by atoms with van der Waals surface area (Å²) in [6.07, 6.45) is 1.50. The fourth-order valence-electron chi connectivity index (χ4n) is 3.38. The molecule has 33 heavy (non-hydrogen) atoms. The molecule has 5 nitrogen and oxygen atoms in total. The number of carbonyl (C=O) groups is 1. The third-order valence-corrected chi connectivity index (χ3v) is 5.07. The number of benzene rings is 3. The van der Waals surface area contributed by atoms with E-state index in [1.54, 1.807) is 42.5 Å². The van der Waals surface area contributed by atoms with Crippen LogP contribution in [0.25, 0.3) is 6.08 Å². The van der Waals surface area contributed by atoms with Crippen LogP contribution in [0.3, 0.4) is 0 Å². The first-order valence-electron chi connectivity index (χ1n) is 10.5. The molecule has 168 valence electrons. The number of ether oxygens (including phenoxy) is 2. The van der Waals surface area contributed by atoms with E-state index in [-0.39, 0.29) is 5.57 Å². The van der Waals surface area contributed by atoms with Crippen LogP contribution in [0.15, 0.2) is 66.2 Å². The Morgan fingerprint density at radius 1 is 1.03 bits per heavy atom. The molecule has 6 heteroatoms. The summed E-state index contributed by atoms with van der Waals surface area (Å²) < 4.78 is 11.8. The third-order valence-electron chi connectivity index (χ3n) is 4.74. The minimum absolute atomic E-state index is 0.0544. The van der Waals surface area contributed by atoms with Crippen LogP contribution in [-0.2, 0) is 11.4 Å². The number of halogens is 1. The largest absolute Gasteiger partial charge is 0.490 e. The van der Waals surface area contributed by atoms with Gasteiger partial charge >= 0.3 is 0 Å². The number of hydrogen-bond acceptors (Lipinski definition) is 4. The quantitative estimate of drug-likeness (QED) is 0.308. The van der Waals surface area contributed by atoms with Crippen molar-refractivity contribution >= 4 is 29.3 Å². The Morgan fingerprint density at radius 2 is 1.76 bits per heavy atom. The third kappa shape index (κ3) is 6.61. The Bertz CT molecular complexity index is 1210. The molecule has 0 heterocycles. The molecule has 0 aliphatic heterocycles. The van der Waals surface area contributed by atoms with E-state index in [0.29, 0.717) is 41.0 Å². The molecule has 0 saturated heterocycles. The second kappa shape index (κ2) is 11.2. The predicted molar refractivity (Wildman–Crippen MR) is 132 cm³/mol. The highest BCUT2D eigenvalue weighted by atomic mass is 35.5. The summed E-state index contributed by atoms with van der Waals surface area (Å²) in [5.74, 6) is 0.588. The van der Waals surface area contributed by atoms with Gasteiger partial charge in [0.15, 0.2) is 11.5 Å². The smallest absolute Gasteiger partial charge is 0.266 e. The van der Waals surface area contributed by atoms with Crippen LogP contribution < -0.4 is 14.8 Å². The standard InChI is InChI=1S/C27H25ClN2O3/c1-4-32-26-15-20(9-10-25(26)33-17-21-12-18(2)11-19(3)13-21)14-22(16-29)27(31)30-24-8-6-5-7-23(24)28/h5-15H,4,17H2,1-3H3,(H,30,31)/b22-14+. The summed E-state index contributed by atoms with van der Waals surface area (Å²) in [5, 5.41) is 12.6. The zero-order chi connectivity index (χ0) is 23.8. The molecule has 1 N–H and O–H groups in total. The van der Waals surface area contributed by atoms with E-state index in [4.69, 9.17) is 21.1 Å². The second-order valence-corrected chi connectivity index (χ2v) is 7.93. The van der Waals surface area contributed by atoms with Gasteiger partial charge in [-0.3, -0.25) is 4.79 Å². The summed E-state index contributed by atoms with van der Waals surface area (Å²) >= 11 is 6.09. The van der Waals surface area contributed by atoms with Crippen molar-refractivity contribution in [2.45, 2.75) is 27.4 Å². The van der Waals surface area contributed by atoms with E-state index in [1.165, 1.54) is 17.2 Å². The summed E-state index contributed by atoms with van der Waals surface area (Å²) in [6, 6.07) is 20.4. The average Bonchev–Trinajstić information content (AvgIpc) is 2.78. The molecule has 0 spiro atoms. The van der Waals surface area contributed by atoms with Crippen molar-refractivity contribution in [1.82, 2.24) is 0 Å². The molecule has 0 fully saturated rings. The van der Waals surface area contributed by atoms with Gasteiger partial charge in [0, 0.05) is 0 Å². The van der Waals surface area contributed by atoms with Gasteiger partial charge in [-0.2, -0.15) is 5.26 Å². The highest BCUT2D eigenvalue weighted by Gasteiger charge is 2.13. The molecule has 1 amide bonds. The fourth-order valence-corrected chi connectivity index (χ4v) is 3.57. The first kappa shape index (κ1) is 23.9. The van der Waals surface area contributed by atoms with Crippen LogP contribution >= 0.6 is 11.6 Å². The van der Waals surface area contributed by atoms with E-state index in [2.05, 4.69) is 37.4 Å². The molecular weight excluding hydrogens is 436 g/mol. The molecule has 3 rings (SSSR count). The maximum Gasteiger partial charge on any atom is 0.266 e. The van der Waals surface area contributed by atoms with Gasteiger partial charge < -0.3 is 14.8 Å². The normalized spacial score (nSPS) is 10.9. The lowest BCUT2D eigenvalue weighted by Gasteiger charge is -2.13. The first-order chi connectivity index (χ1) is 15.9. The Kier molecular flexibility index (Phi) is 8.12. The lowest BCUT2D eigenvalue weighted by molar-refractivity contribution is -0.112. The molecule has 0 aromatic heterocycles. The average molecular weight is 461 g/mol. The summed E-state index contributed by atoms with van der Waals surface area (Å²) in [4.78, 5) is 12.6. The van der Waals surface area contributed by atoms with E-state index < -0.39 is 5.91 Å². The van der Waals surface area contributed by atoms with Gasteiger partial charge in [-0.05, 0) is 62.2 Å². The van der Waals surface area contributed by atoms with Gasteiger partial charge in [0.25, 0.3) is 5.91 Å². The summed E-state index contributed by atoms with van der Waals surface area (Å²) in [6.45, 7) is 6.84. The number of aryl methyl sites for hydroxylation is 2. The van der Waals surface area contributed by atoms with E-state index >= 15 is 0 Å². The summed E-state index contributed by atoms with van der Waals surface area (Å²) in [7, 11) is 0. The van der Waals surface area contributed by atoms with Gasteiger partial charge in [-0.25, -0.2) is 0 Å². The van der Waals surface area contributed by atoms with Gasteiger partial charge in [0.05, 0.1) is 17.3 Å². The van der Waals surface area contributed by atoms with E-state index in [1.807, 2.05) is 13.0 Å². The van der Waals surface area contributed by atoms with Crippen LogP contribution in [0.2, 0.25) is 5.02 Å². The topological polar surface area (TPSA) is 71.3 Å². The molecule has 0 unspecified atom stereocenters. The first-order valence-corrected chi connectivity index (χ1v) is 10.9. The van der Waals surface area contributed by atoms with Crippen molar-refractivity contribution < 1.29 is 14.3 Å². The van der Waals surface area contributed by atoms with Gasteiger partial charge in [-0.15, -0.1) is 0 Å². The molecule has 0 bridgehead atoms.